The lowest BCUT2D eigenvalue weighted by Crippen LogP contribution is -1.93. The number of hydrogen-bond acceptors (Lipinski definition) is 2. The second kappa shape index (κ2) is 5.63. The van der Waals surface area contributed by atoms with E-state index in [-0.39, 0.29) is 0 Å². The Morgan fingerprint density at radius 1 is 1.71 bits per heavy atom. The summed E-state index contributed by atoms with van der Waals surface area (Å²) in [6, 6.07) is 0. The third-order valence-corrected chi connectivity index (χ3v) is 0.514. The second-order valence-corrected chi connectivity index (χ2v) is 1.03. The molecule has 0 aromatic carbocycles. The Bertz CT molecular complexity index is 43.3. The Morgan fingerprint density at radius 3 is 2.86 bits per heavy atom. The normalized spacial score (nSPS) is 8.71. The van der Waals surface area contributed by atoms with Crippen molar-refractivity contribution in [1.29, 1.82) is 0 Å². The molecule has 0 fully saturated rings. The molecular weight excluding hydrogens is 92.1 g/mol. The van der Waals surface area contributed by atoms with Gasteiger partial charge in [-0.3, -0.25) is 0 Å². The van der Waals surface area contributed by atoms with Crippen molar-refractivity contribution in [2.24, 2.45) is 0 Å². The summed E-state index contributed by atoms with van der Waals surface area (Å²) in [6.07, 6.45) is 2.17. The van der Waals surface area contributed by atoms with Gasteiger partial charge in [-0.2, -0.15) is 0 Å². The fourth-order valence-corrected chi connectivity index (χ4v) is 0.225. The van der Waals surface area contributed by atoms with Gasteiger partial charge in [0.25, 0.3) is 0 Å². The van der Waals surface area contributed by atoms with Gasteiger partial charge in [0.05, 0.1) is 6.61 Å². The van der Waals surface area contributed by atoms with Crippen LogP contribution in [-0.2, 0) is 9.53 Å². The summed E-state index contributed by atoms with van der Waals surface area (Å²) >= 11 is 0. The number of carbonyl (C=O) groups is 1. The van der Waals surface area contributed by atoms with E-state index in [1.807, 2.05) is 6.92 Å². The minimum absolute atomic E-state index is 0.444. The van der Waals surface area contributed by atoms with E-state index in [0.717, 1.165) is 6.29 Å². The van der Waals surface area contributed by atoms with E-state index >= 15 is 0 Å². The smallest absolute Gasteiger partial charge is 0.126 e. The molecule has 0 aliphatic carbocycles. The molecule has 0 aliphatic rings. The van der Waals surface area contributed by atoms with Gasteiger partial charge in [-0.25, -0.2) is 0 Å². The molecule has 0 amide bonds. The SMILES string of the molecule is CCOC[CH]C=O. The summed E-state index contributed by atoms with van der Waals surface area (Å²) in [7, 11) is 0. The Balaban J connectivity index is 2.56. The van der Waals surface area contributed by atoms with E-state index in [2.05, 4.69) is 0 Å². The molecule has 1 radical (unpaired) electrons. The lowest BCUT2D eigenvalue weighted by molar-refractivity contribution is -0.105. The molecule has 0 saturated carbocycles. The highest BCUT2D eigenvalue weighted by atomic mass is 16.5. The van der Waals surface area contributed by atoms with E-state index in [9.17, 15) is 4.79 Å². The standard InChI is InChI=1S/C5H9O2/c1-2-7-5-3-4-6/h3-4H,2,5H2,1H3. The van der Waals surface area contributed by atoms with Crippen LogP contribution in [0.3, 0.4) is 0 Å². The average Bonchev–Trinajstić information content (AvgIpc) is 1.69. The Morgan fingerprint density at radius 2 is 2.43 bits per heavy atom. The van der Waals surface area contributed by atoms with Crippen molar-refractivity contribution in [2.45, 2.75) is 6.92 Å². The van der Waals surface area contributed by atoms with Crippen molar-refractivity contribution >= 4 is 6.29 Å². The zero-order valence-corrected chi connectivity index (χ0v) is 4.39. The van der Waals surface area contributed by atoms with Gasteiger partial charge in [0.15, 0.2) is 0 Å². The zero-order chi connectivity index (χ0) is 5.54. The monoisotopic (exact) mass is 101 g/mol. The predicted octanol–water partition coefficient (Wildman–Crippen LogP) is 0.426. The van der Waals surface area contributed by atoms with Crippen molar-refractivity contribution in [3.63, 3.8) is 0 Å². The maximum Gasteiger partial charge on any atom is 0.126 e. The van der Waals surface area contributed by atoms with Crippen LogP contribution in [0.5, 0.6) is 0 Å². The second-order valence-electron chi connectivity index (χ2n) is 1.03. The van der Waals surface area contributed by atoms with Gasteiger partial charge in [-0.15, -0.1) is 0 Å². The third kappa shape index (κ3) is 5.63. The van der Waals surface area contributed by atoms with E-state index in [0.29, 0.717) is 13.2 Å². The van der Waals surface area contributed by atoms with E-state index < -0.39 is 0 Å². The van der Waals surface area contributed by atoms with Crippen LogP contribution in [0.15, 0.2) is 0 Å². The van der Waals surface area contributed by atoms with Crippen molar-refractivity contribution in [3.05, 3.63) is 6.42 Å². The highest BCUT2D eigenvalue weighted by Gasteiger charge is 1.79. The molecule has 0 saturated heterocycles. The highest BCUT2D eigenvalue weighted by Crippen LogP contribution is 1.72. The van der Waals surface area contributed by atoms with Gasteiger partial charge in [-0.1, -0.05) is 0 Å². The molecule has 7 heavy (non-hydrogen) atoms. The quantitative estimate of drug-likeness (QED) is 0.379. The first kappa shape index (κ1) is 6.63. The van der Waals surface area contributed by atoms with Crippen LogP contribution in [0.1, 0.15) is 6.92 Å². The molecule has 0 aromatic rings. The van der Waals surface area contributed by atoms with Gasteiger partial charge in [-0.05, 0) is 6.92 Å². The van der Waals surface area contributed by atoms with Crippen LogP contribution in [0.25, 0.3) is 0 Å². The summed E-state index contributed by atoms with van der Waals surface area (Å²) < 4.78 is 4.79. The van der Waals surface area contributed by atoms with Gasteiger partial charge in [0.2, 0.25) is 0 Å². The summed E-state index contributed by atoms with van der Waals surface area (Å²) in [5.41, 5.74) is 0. The largest absolute Gasteiger partial charge is 0.381 e. The molecule has 0 aliphatic heterocycles. The van der Waals surface area contributed by atoms with Crippen molar-refractivity contribution in [3.8, 4) is 0 Å². The molecule has 0 atom stereocenters. The number of carbonyl (C=O) groups excluding carboxylic acids is 1. The summed E-state index contributed by atoms with van der Waals surface area (Å²) in [6.45, 7) is 3.00. The Labute approximate surface area is 43.5 Å². The molecule has 0 N–H and O–H groups in total. The first-order valence-corrected chi connectivity index (χ1v) is 2.26. The fourth-order valence-electron chi connectivity index (χ4n) is 0.225. The van der Waals surface area contributed by atoms with Gasteiger partial charge in [0, 0.05) is 13.0 Å². The zero-order valence-electron chi connectivity index (χ0n) is 4.39. The minimum atomic E-state index is 0.444. The lowest BCUT2D eigenvalue weighted by atomic mass is 10.5. The topological polar surface area (TPSA) is 26.3 Å². The highest BCUT2D eigenvalue weighted by molar-refractivity contribution is 5.60. The van der Waals surface area contributed by atoms with E-state index in [1.54, 1.807) is 0 Å². The fraction of sp³-hybridized carbons (Fsp3) is 0.600. The van der Waals surface area contributed by atoms with Crippen LogP contribution < -0.4 is 0 Å². The maximum absolute atomic E-state index is 9.54. The predicted molar refractivity (Wildman–Crippen MR) is 26.9 cm³/mol. The first-order chi connectivity index (χ1) is 3.41. The van der Waals surface area contributed by atoms with Crippen molar-refractivity contribution in [1.82, 2.24) is 0 Å². The minimum Gasteiger partial charge on any atom is -0.381 e. The molecule has 0 unspecified atom stereocenters. The molecule has 2 heteroatoms. The average molecular weight is 101 g/mol. The van der Waals surface area contributed by atoms with E-state index in [1.165, 1.54) is 6.42 Å². The molecule has 0 spiro atoms. The lowest BCUT2D eigenvalue weighted by Gasteiger charge is -1.90. The summed E-state index contributed by atoms with van der Waals surface area (Å²) in [5, 5.41) is 0. The van der Waals surface area contributed by atoms with Crippen LogP contribution in [0, 0.1) is 6.42 Å². The van der Waals surface area contributed by atoms with Crippen molar-refractivity contribution < 1.29 is 9.53 Å². The third-order valence-electron chi connectivity index (χ3n) is 0.514. The van der Waals surface area contributed by atoms with Crippen LogP contribution in [-0.4, -0.2) is 19.5 Å². The number of rotatable bonds is 4. The molecule has 0 bridgehead atoms. The Hall–Kier alpha value is -0.370. The molecule has 0 aromatic heterocycles. The van der Waals surface area contributed by atoms with E-state index in [4.69, 9.17) is 4.74 Å². The van der Waals surface area contributed by atoms with Gasteiger partial charge in [0.1, 0.15) is 6.29 Å². The van der Waals surface area contributed by atoms with Gasteiger partial charge >= 0.3 is 0 Å². The van der Waals surface area contributed by atoms with Crippen LogP contribution in [0.2, 0.25) is 0 Å². The Kier molecular flexibility index (Phi) is 5.33. The maximum atomic E-state index is 9.54. The molecule has 0 heterocycles. The number of aldehydes is 1. The van der Waals surface area contributed by atoms with Gasteiger partial charge < -0.3 is 9.53 Å². The molecule has 41 valence electrons. The number of hydrogen-bond donors (Lipinski definition) is 0. The summed E-state index contributed by atoms with van der Waals surface area (Å²) in [4.78, 5) is 9.54. The molecular formula is C5H9O2. The molecule has 0 rings (SSSR count). The number of ether oxygens (including phenoxy) is 1. The van der Waals surface area contributed by atoms with Crippen LogP contribution in [0.4, 0.5) is 0 Å². The first-order valence-electron chi connectivity index (χ1n) is 2.26. The summed E-state index contributed by atoms with van der Waals surface area (Å²) in [5.74, 6) is 0. The van der Waals surface area contributed by atoms with Crippen molar-refractivity contribution in [2.75, 3.05) is 13.2 Å². The van der Waals surface area contributed by atoms with Crippen LogP contribution >= 0.6 is 0 Å². The molecule has 2 nitrogen and oxygen atoms in total.